The van der Waals surface area contributed by atoms with Gasteiger partial charge in [-0.2, -0.15) is 5.26 Å². The molecule has 4 nitrogen and oxygen atoms in total. The van der Waals surface area contributed by atoms with E-state index in [1.54, 1.807) is 4.68 Å². The van der Waals surface area contributed by atoms with Gasteiger partial charge >= 0.3 is 0 Å². The van der Waals surface area contributed by atoms with Crippen molar-refractivity contribution >= 4 is 16.7 Å². The third kappa shape index (κ3) is 1.25. The van der Waals surface area contributed by atoms with E-state index in [0.29, 0.717) is 0 Å². The van der Waals surface area contributed by atoms with E-state index in [-0.39, 0.29) is 0 Å². The number of nitrogens with zero attached hydrogens (tertiary/aromatic N) is 4. The minimum Gasteiger partial charge on any atom is -0.217 e. The van der Waals surface area contributed by atoms with E-state index in [1.807, 2.05) is 37.3 Å². The van der Waals surface area contributed by atoms with Crippen LogP contribution in [0.3, 0.4) is 0 Å². The van der Waals surface area contributed by atoms with Crippen LogP contribution in [0.4, 0.5) is 0 Å². The molecular formula is C10H8N4. The summed E-state index contributed by atoms with van der Waals surface area (Å²) in [4.78, 5) is 0. The van der Waals surface area contributed by atoms with Gasteiger partial charge in [0.25, 0.3) is 0 Å². The first kappa shape index (κ1) is 8.45. The van der Waals surface area contributed by atoms with Crippen molar-refractivity contribution < 1.29 is 0 Å². The maximum Gasteiger partial charge on any atom is 0.113 e. The molecule has 1 aromatic heterocycles. The van der Waals surface area contributed by atoms with Crippen LogP contribution in [0.1, 0.15) is 6.92 Å². The van der Waals surface area contributed by atoms with Crippen molar-refractivity contribution in [2.24, 2.45) is 0 Å². The monoisotopic (exact) mass is 184 g/mol. The lowest BCUT2D eigenvalue weighted by Crippen LogP contribution is -1.95. The molecule has 2 rings (SSSR count). The minimum absolute atomic E-state index is 0.765. The highest BCUT2D eigenvalue weighted by molar-refractivity contribution is 5.77. The van der Waals surface area contributed by atoms with Crippen LogP contribution in [0.15, 0.2) is 30.3 Å². The van der Waals surface area contributed by atoms with Crippen molar-refractivity contribution in [2.45, 2.75) is 6.92 Å². The first-order chi connectivity index (χ1) is 6.83. The molecule has 0 radical (unpaired) electrons. The van der Waals surface area contributed by atoms with Gasteiger partial charge in [0.05, 0.1) is 17.3 Å². The Balaban J connectivity index is 2.65. The van der Waals surface area contributed by atoms with Crippen molar-refractivity contribution in [1.82, 2.24) is 15.0 Å². The van der Waals surface area contributed by atoms with E-state index in [4.69, 9.17) is 5.26 Å². The van der Waals surface area contributed by atoms with Crippen LogP contribution in [0.25, 0.3) is 16.7 Å². The largest absolute Gasteiger partial charge is 0.217 e. The lowest BCUT2D eigenvalue weighted by molar-refractivity contribution is 0.835. The number of nitriles is 1. The highest BCUT2D eigenvalue weighted by Crippen LogP contribution is 2.13. The predicted octanol–water partition coefficient (Wildman–Crippen LogP) is 1.82. The van der Waals surface area contributed by atoms with E-state index in [9.17, 15) is 0 Å². The number of rotatable bonds is 1. The van der Waals surface area contributed by atoms with Crippen molar-refractivity contribution in [3.05, 3.63) is 30.3 Å². The molecule has 0 atom stereocenters. The molecule has 0 saturated carbocycles. The van der Waals surface area contributed by atoms with Crippen molar-refractivity contribution in [2.75, 3.05) is 0 Å². The fourth-order valence-electron chi connectivity index (χ4n) is 1.28. The van der Waals surface area contributed by atoms with Gasteiger partial charge in [0.2, 0.25) is 0 Å². The van der Waals surface area contributed by atoms with Crippen LogP contribution in [-0.4, -0.2) is 15.0 Å². The Bertz CT molecular complexity index is 530. The second-order valence-electron chi connectivity index (χ2n) is 2.90. The number of hydrogen-bond donors (Lipinski definition) is 0. The van der Waals surface area contributed by atoms with Gasteiger partial charge in [0.15, 0.2) is 0 Å². The number of benzene rings is 1. The molecule has 0 N–H and O–H groups in total. The van der Waals surface area contributed by atoms with Gasteiger partial charge in [0, 0.05) is 6.08 Å². The van der Waals surface area contributed by atoms with Crippen LogP contribution >= 0.6 is 0 Å². The van der Waals surface area contributed by atoms with Gasteiger partial charge in [-0.05, 0) is 19.1 Å². The van der Waals surface area contributed by atoms with Crippen molar-refractivity contribution in [3.63, 3.8) is 0 Å². The zero-order valence-corrected chi connectivity index (χ0v) is 7.68. The summed E-state index contributed by atoms with van der Waals surface area (Å²) < 4.78 is 1.65. The van der Waals surface area contributed by atoms with Crippen LogP contribution in [-0.2, 0) is 0 Å². The molecular weight excluding hydrogens is 176 g/mol. The first-order valence-electron chi connectivity index (χ1n) is 4.20. The molecule has 2 aromatic rings. The molecule has 14 heavy (non-hydrogen) atoms. The smallest absolute Gasteiger partial charge is 0.113 e. The lowest BCUT2D eigenvalue weighted by atomic mass is 10.3. The SMILES string of the molecule is C/C(=C\C#N)n1nnc2ccccc21. The molecule has 1 aromatic carbocycles. The molecule has 4 heteroatoms. The maximum atomic E-state index is 8.52. The number of para-hydroxylation sites is 1. The average Bonchev–Trinajstić information content (AvgIpc) is 2.61. The number of fused-ring (bicyclic) bond motifs is 1. The molecule has 0 saturated heterocycles. The van der Waals surface area contributed by atoms with Crippen LogP contribution in [0.2, 0.25) is 0 Å². The van der Waals surface area contributed by atoms with Crippen molar-refractivity contribution in [1.29, 1.82) is 5.26 Å². The highest BCUT2D eigenvalue weighted by atomic mass is 15.4. The molecule has 68 valence electrons. The Morgan fingerprint density at radius 1 is 1.50 bits per heavy atom. The molecule has 0 aliphatic rings. The van der Waals surface area contributed by atoms with E-state index in [0.717, 1.165) is 16.7 Å². The average molecular weight is 184 g/mol. The van der Waals surface area contributed by atoms with E-state index in [1.165, 1.54) is 6.08 Å². The molecule has 0 amide bonds. The maximum absolute atomic E-state index is 8.52. The summed E-state index contributed by atoms with van der Waals surface area (Å²) in [7, 11) is 0. The Kier molecular flexibility index (Phi) is 1.99. The van der Waals surface area contributed by atoms with Crippen LogP contribution in [0.5, 0.6) is 0 Å². The number of aromatic nitrogens is 3. The first-order valence-corrected chi connectivity index (χ1v) is 4.20. The Morgan fingerprint density at radius 3 is 3.07 bits per heavy atom. The fourth-order valence-corrected chi connectivity index (χ4v) is 1.28. The normalized spacial score (nSPS) is 11.6. The fraction of sp³-hybridized carbons (Fsp3) is 0.100. The summed E-state index contributed by atoms with van der Waals surface area (Å²) in [6.07, 6.45) is 1.45. The minimum atomic E-state index is 0.765. The molecule has 0 aliphatic carbocycles. The zero-order valence-electron chi connectivity index (χ0n) is 7.68. The molecule has 0 aliphatic heterocycles. The summed E-state index contributed by atoms with van der Waals surface area (Å²) in [6.45, 7) is 1.82. The summed E-state index contributed by atoms with van der Waals surface area (Å²) in [6, 6.07) is 9.60. The summed E-state index contributed by atoms with van der Waals surface area (Å²) in [5, 5.41) is 16.5. The summed E-state index contributed by atoms with van der Waals surface area (Å²) in [5.41, 5.74) is 2.51. The Labute approximate surface area is 81.1 Å². The third-order valence-corrected chi connectivity index (χ3v) is 1.96. The van der Waals surface area contributed by atoms with Gasteiger partial charge in [0.1, 0.15) is 5.52 Å². The van der Waals surface area contributed by atoms with E-state index < -0.39 is 0 Å². The Morgan fingerprint density at radius 2 is 2.29 bits per heavy atom. The molecule has 1 heterocycles. The standard InChI is InChI=1S/C10H8N4/c1-8(6-7-11)14-10-5-3-2-4-9(10)12-13-14/h2-6H,1H3/b8-6+. The van der Waals surface area contributed by atoms with Crippen LogP contribution in [0, 0.1) is 11.3 Å². The third-order valence-electron chi connectivity index (χ3n) is 1.96. The number of allylic oxidation sites excluding steroid dienone is 2. The van der Waals surface area contributed by atoms with Gasteiger partial charge in [-0.3, -0.25) is 0 Å². The quantitative estimate of drug-likeness (QED) is 0.635. The van der Waals surface area contributed by atoms with Gasteiger partial charge in [-0.1, -0.05) is 17.3 Å². The number of hydrogen-bond acceptors (Lipinski definition) is 3. The summed E-state index contributed by atoms with van der Waals surface area (Å²) in [5.74, 6) is 0. The van der Waals surface area contributed by atoms with Crippen LogP contribution < -0.4 is 0 Å². The van der Waals surface area contributed by atoms with E-state index >= 15 is 0 Å². The van der Waals surface area contributed by atoms with Gasteiger partial charge in [-0.25, -0.2) is 4.68 Å². The Hall–Kier alpha value is -2.15. The molecule has 0 bridgehead atoms. The predicted molar refractivity (Wildman–Crippen MR) is 53.1 cm³/mol. The zero-order chi connectivity index (χ0) is 9.97. The second kappa shape index (κ2) is 3.30. The topological polar surface area (TPSA) is 54.5 Å². The molecule has 0 unspecified atom stereocenters. The highest BCUT2D eigenvalue weighted by Gasteiger charge is 2.03. The molecule has 0 spiro atoms. The van der Waals surface area contributed by atoms with Gasteiger partial charge in [-0.15, -0.1) is 5.10 Å². The summed E-state index contributed by atoms with van der Waals surface area (Å²) >= 11 is 0. The molecule has 0 fully saturated rings. The van der Waals surface area contributed by atoms with E-state index in [2.05, 4.69) is 10.3 Å². The second-order valence-corrected chi connectivity index (χ2v) is 2.90. The van der Waals surface area contributed by atoms with Crippen molar-refractivity contribution in [3.8, 4) is 6.07 Å². The lowest BCUT2D eigenvalue weighted by Gasteiger charge is -1.98. The van der Waals surface area contributed by atoms with Gasteiger partial charge < -0.3 is 0 Å².